The second-order valence-electron chi connectivity index (χ2n) is 4.78. The molecule has 118 valence electrons. The summed E-state index contributed by atoms with van der Waals surface area (Å²) in [5.41, 5.74) is 1.93. The molecule has 0 bridgehead atoms. The van der Waals surface area contributed by atoms with Gasteiger partial charge in [0.15, 0.2) is 0 Å². The van der Waals surface area contributed by atoms with E-state index in [1.807, 2.05) is 35.7 Å². The number of hydrogen-bond acceptors (Lipinski definition) is 4. The number of carbonyl (C=O) groups is 1. The number of aryl methyl sites for hydroxylation is 1. The highest BCUT2D eigenvalue weighted by atomic mass is 32.1. The van der Waals surface area contributed by atoms with Crippen molar-refractivity contribution in [3.8, 4) is 0 Å². The van der Waals surface area contributed by atoms with Gasteiger partial charge in [-0.3, -0.25) is 0 Å². The molecule has 0 unspecified atom stereocenters. The quantitative estimate of drug-likeness (QED) is 0.825. The molecule has 0 saturated heterocycles. The van der Waals surface area contributed by atoms with E-state index in [-0.39, 0.29) is 12.1 Å². The van der Waals surface area contributed by atoms with Crippen LogP contribution in [-0.4, -0.2) is 24.7 Å². The van der Waals surface area contributed by atoms with Gasteiger partial charge in [0, 0.05) is 19.0 Å². The molecule has 2 amide bonds. The third kappa shape index (κ3) is 4.82. The Bertz CT molecular complexity index is 586. The van der Waals surface area contributed by atoms with E-state index in [4.69, 9.17) is 4.74 Å². The smallest absolute Gasteiger partial charge is 0.315 e. The van der Waals surface area contributed by atoms with Crippen LogP contribution in [0, 0.1) is 0 Å². The number of carbonyl (C=O) groups excluding carboxylic acids is 1. The highest BCUT2D eigenvalue weighted by Crippen LogP contribution is 2.14. The highest BCUT2D eigenvalue weighted by molar-refractivity contribution is 7.09. The second-order valence-corrected chi connectivity index (χ2v) is 5.73. The number of benzene rings is 1. The SMILES string of the molecule is CCc1nc(CNC(=O)NC[C@H](OC)c2ccccc2)cs1. The molecule has 1 atom stereocenters. The van der Waals surface area contributed by atoms with Crippen molar-refractivity contribution in [2.24, 2.45) is 0 Å². The van der Waals surface area contributed by atoms with Crippen molar-refractivity contribution in [2.75, 3.05) is 13.7 Å². The number of amides is 2. The first-order chi connectivity index (χ1) is 10.7. The van der Waals surface area contributed by atoms with E-state index in [2.05, 4.69) is 22.5 Å². The molecule has 2 rings (SSSR count). The van der Waals surface area contributed by atoms with Crippen molar-refractivity contribution in [3.05, 3.63) is 52.0 Å². The Morgan fingerprint density at radius 2 is 2.09 bits per heavy atom. The van der Waals surface area contributed by atoms with Gasteiger partial charge in [0.05, 0.1) is 23.4 Å². The molecule has 1 aromatic carbocycles. The molecule has 5 nitrogen and oxygen atoms in total. The number of nitrogens with one attached hydrogen (secondary N) is 2. The Hall–Kier alpha value is -1.92. The molecule has 22 heavy (non-hydrogen) atoms. The Kier molecular flexibility index (Phi) is 6.36. The highest BCUT2D eigenvalue weighted by Gasteiger charge is 2.11. The van der Waals surface area contributed by atoms with Gasteiger partial charge in [0.2, 0.25) is 0 Å². The average Bonchev–Trinajstić information content (AvgIpc) is 3.02. The van der Waals surface area contributed by atoms with Crippen molar-refractivity contribution < 1.29 is 9.53 Å². The number of urea groups is 1. The molecule has 1 heterocycles. The molecule has 2 aromatic rings. The third-order valence-corrected chi connectivity index (χ3v) is 4.28. The maximum absolute atomic E-state index is 11.8. The van der Waals surface area contributed by atoms with Crippen molar-refractivity contribution in [3.63, 3.8) is 0 Å². The van der Waals surface area contributed by atoms with Crippen molar-refractivity contribution in [1.82, 2.24) is 15.6 Å². The van der Waals surface area contributed by atoms with E-state index in [1.54, 1.807) is 18.4 Å². The zero-order valence-corrected chi connectivity index (χ0v) is 13.7. The third-order valence-electron chi connectivity index (χ3n) is 3.24. The number of hydrogen-bond donors (Lipinski definition) is 2. The van der Waals surface area contributed by atoms with E-state index in [1.165, 1.54) is 0 Å². The largest absolute Gasteiger partial charge is 0.375 e. The summed E-state index contributed by atoms with van der Waals surface area (Å²) in [6, 6.07) is 9.60. The van der Waals surface area contributed by atoms with Crippen LogP contribution in [0.1, 0.15) is 29.3 Å². The first kappa shape index (κ1) is 16.5. The summed E-state index contributed by atoms with van der Waals surface area (Å²) >= 11 is 1.62. The monoisotopic (exact) mass is 319 g/mol. The Morgan fingerprint density at radius 1 is 1.32 bits per heavy atom. The summed E-state index contributed by atoms with van der Waals surface area (Å²) in [5.74, 6) is 0. The number of nitrogens with zero attached hydrogens (tertiary/aromatic N) is 1. The van der Waals surface area contributed by atoms with Crippen molar-refractivity contribution in [1.29, 1.82) is 0 Å². The van der Waals surface area contributed by atoms with Crippen LogP contribution in [0.4, 0.5) is 4.79 Å². The second kappa shape index (κ2) is 8.51. The van der Waals surface area contributed by atoms with Crippen LogP contribution in [0.5, 0.6) is 0 Å². The van der Waals surface area contributed by atoms with Crippen LogP contribution in [0.25, 0.3) is 0 Å². The van der Waals surface area contributed by atoms with Gasteiger partial charge >= 0.3 is 6.03 Å². The Labute approximate surface area is 134 Å². The molecule has 6 heteroatoms. The fraction of sp³-hybridized carbons (Fsp3) is 0.375. The predicted octanol–water partition coefficient (Wildman–Crippen LogP) is 2.89. The first-order valence-electron chi connectivity index (χ1n) is 7.25. The number of methoxy groups -OCH3 is 1. The lowest BCUT2D eigenvalue weighted by Crippen LogP contribution is -2.37. The van der Waals surface area contributed by atoms with Gasteiger partial charge in [-0.15, -0.1) is 11.3 Å². The molecule has 0 spiro atoms. The number of aromatic nitrogens is 1. The fourth-order valence-electron chi connectivity index (χ4n) is 2.02. The minimum Gasteiger partial charge on any atom is -0.375 e. The van der Waals surface area contributed by atoms with Gasteiger partial charge < -0.3 is 15.4 Å². The molecule has 0 radical (unpaired) electrons. The van der Waals surface area contributed by atoms with E-state index in [9.17, 15) is 4.79 Å². The average molecular weight is 319 g/mol. The van der Waals surface area contributed by atoms with E-state index >= 15 is 0 Å². The van der Waals surface area contributed by atoms with E-state index in [0.29, 0.717) is 13.1 Å². The van der Waals surface area contributed by atoms with Crippen LogP contribution in [0.3, 0.4) is 0 Å². The minimum absolute atomic E-state index is 0.155. The van der Waals surface area contributed by atoms with Crippen molar-refractivity contribution >= 4 is 17.4 Å². The van der Waals surface area contributed by atoms with Crippen LogP contribution in [0.15, 0.2) is 35.7 Å². The summed E-state index contributed by atoms with van der Waals surface area (Å²) in [7, 11) is 1.64. The Morgan fingerprint density at radius 3 is 2.73 bits per heavy atom. The number of rotatable bonds is 7. The summed E-state index contributed by atoms with van der Waals surface area (Å²) in [6.07, 6.45) is 0.765. The summed E-state index contributed by atoms with van der Waals surface area (Å²) < 4.78 is 5.41. The Balaban J connectivity index is 1.77. The van der Waals surface area contributed by atoms with Gasteiger partial charge in [-0.25, -0.2) is 9.78 Å². The lowest BCUT2D eigenvalue weighted by Gasteiger charge is -2.16. The zero-order chi connectivity index (χ0) is 15.8. The van der Waals surface area contributed by atoms with E-state index in [0.717, 1.165) is 22.7 Å². The normalized spacial score (nSPS) is 11.9. The maximum Gasteiger partial charge on any atom is 0.315 e. The minimum atomic E-state index is -0.218. The van der Waals surface area contributed by atoms with Crippen LogP contribution in [-0.2, 0) is 17.7 Å². The molecule has 0 fully saturated rings. The molecule has 0 saturated carbocycles. The van der Waals surface area contributed by atoms with Crippen molar-refractivity contribution in [2.45, 2.75) is 26.0 Å². The lowest BCUT2D eigenvalue weighted by molar-refractivity contribution is 0.104. The molecular formula is C16H21N3O2S. The fourth-order valence-corrected chi connectivity index (χ4v) is 2.76. The van der Waals surface area contributed by atoms with Crippen LogP contribution >= 0.6 is 11.3 Å². The lowest BCUT2D eigenvalue weighted by atomic mass is 10.1. The van der Waals surface area contributed by atoms with Gasteiger partial charge in [0.25, 0.3) is 0 Å². The molecule has 0 aliphatic rings. The molecular weight excluding hydrogens is 298 g/mol. The first-order valence-corrected chi connectivity index (χ1v) is 8.13. The summed E-state index contributed by atoms with van der Waals surface area (Å²) in [5, 5.41) is 8.69. The van der Waals surface area contributed by atoms with Gasteiger partial charge in [0.1, 0.15) is 0 Å². The van der Waals surface area contributed by atoms with Gasteiger partial charge in [-0.1, -0.05) is 37.3 Å². The summed E-state index contributed by atoms with van der Waals surface area (Å²) in [6.45, 7) is 2.92. The molecule has 0 aliphatic heterocycles. The van der Waals surface area contributed by atoms with Crippen LogP contribution in [0.2, 0.25) is 0 Å². The molecule has 0 aliphatic carbocycles. The van der Waals surface area contributed by atoms with Crippen LogP contribution < -0.4 is 10.6 Å². The molecule has 1 aromatic heterocycles. The van der Waals surface area contributed by atoms with Gasteiger partial charge in [-0.2, -0.15) is 0 Å². The zero-order valence-electron chi connectivity index (χ0n) is 12.8. The van der Waals surface area contributed by atoms with E-state index < -0.39 is 0 Å². The number of ether oxygens (including phenoxy) is 1. The predicted molar refractivity (Wildman–Crippen MR) is 87.9 cm³/mol. The standard InChI is InChI=1S/C16H21N3O2S/c1-3-15-19-13(11-22-15)9-17-16(20)18-10-14(21-2)12-7-5-4-6-8-12/h4-8,11,14H,3,9-10H2,1-2H3,(H2,17,18,20)/t14-/m0/s1. The summed E-state index contributed by atoms with van der Waals surface area (Å²) in [4.78, 5) is 16.3. The number of thiazole rings is 1. The molecule has 2 N–H and O–H groups in total. The topological polar surface area (TPSA) is 63.2 Å². The van der Waals surface area contributed by atoms with Gasteiger partial charge in [-0.05, 0) is 12.0 Å². The maximum atomic E-state index is 11.8.